The number of piperidine rings is 1. The Kier molecular flexibility index (Phi) is 5.75. The summed E-state index contributed by atoms with van der Waals surface area (Å²) >= 11 is 12.5. The molecule has 5 heteroatoms. The summed E-state index contributed by atoms with van der Waals surface area (Å²) in [6, 6.07) is 6.18. The zero-order valence-corrected chi connectivity index (χ0v) is 13.9. The molecule has 0 radical (unpaired) electrons. The molecule has 21 heavy (non-hydrogen) atoms. The minimum atomic E-state index is 0.0378. The zero-order chi connectivity index (χ0) is 15.4. The fraction of sp³-hybridized carbons (Fsp3) is 0.562. The average molecular weight is 327 g/mol. The van der Waals surface area contributed by atoms with Crippen LogP contribution < -0.4 is 4.74 Å². The van der Waals surface area contributed by atoms with E-state index < -0.39 is 0 Å². The van der Waals surface area contributed by atoms with Crippen molar-refractivity contribution in [1.82, 2.24) is 4.90 Å². The molecule has 0 amide bonds. The Morgan fingerprint density at radius 2 is 1.86 bits per heavy atom. The standard InChI is InChI=1S/C16H20Cl2N2O/c1-11(2)21-16-14(17)7-13(8-15(16)18)10-20-5-3-12(9-19)4-6-20/h7-8,11-12H,3-6,10H2,1-2H3. The lowest BCUT2D eigenvalue weighted by molar-refractivity contribution is 0.198. The number of nitrogens with zero attached hydrogens (tertiary/aromatic N) is 2. The first-order valence-corrected chi connectivity index (χ1v) is 8.01. The molecule has 0 aliphatic carbocycles. The molecule has 2 rings (SSSR count). The predicted molar refractivity (Wildman–Crippen MR) is 85.8 cm³/mol. The smallest absolute Gasteiger partial charge is 0.156 e. The fourth-order valence-electron chi connectivity index (χ4n) is 2.53. The molecule has 1 aliphatic rings. The summed E-state index contributed by atoms with van der Waals surface area (Å²) in [6.45, 7) is 6.58. The molecular formula is C16H20Cl2N2O. The number of rotatable bonds is 4. The van der Waals surface area contributed by atoms with Crippen molar-refractivity contribution in [2.45, 2.75) is 39.3 Å². The van der Waals surface area contributed by atoms with Crippen molar-refractivity contribution >= 4 is 23.2 Å². The van der Waals surface area contributed by atoms with Gasteiger partial charge in [0.25, 0.3) is 0 Å². The minimum Gasteiger partial charge on any atom is -0.488 e. The normalized spacial score (nSPS) is 17.0. The highest BCUT2D eigenvalue weighted by Crippen LogP contribution is 2.35. The third-order valence-electron chi connectivity index (χ3n) is 3.59. The molecule has 0 spiro atoms. The molecule has 0 aromatic heterocycles. The van der Waals surface area contributed by atoms with Crippen LogP contribution in [-0.4, -0.2) is 24.1 Å². The summed E-state index contributed by atoms with van der Waals surface area (Å²) in [6.07, 6.45) is 1.91. The topological polar surface area (TPSA) is 36.3 Å². The van der Waals surface area contributed by atoms with E-state index in [1.54, 1.807) is 0 Å². The van der Waals surface area contributed by atoms with Crippen LogP contribution in [0.4, 0.5) is 0 Å². The van der Waals surface area contributed by atoms with Gasteiger partial charge in [-0.3, -0.25) is 4.90 Å². The van der Waals surface area contributed by atoms with Crippen molar-refractivity contribution in [3.8, 4) is 11.8 Å². The van der Waals surface area contributed by atoms with E-state index in [4.69, 9.17) is 33.2 Å². The van der Waals surface area contributed by atoms with Crippen LogP contribution in [-0.2, 0) is 6.54 Å². The lowest BCUT2D eigenvalue weighted by atomic mass is 9.98. The summed E-state index contributed by atoms with van der Waals surface area (Å²) in [5.41, 5.74) is 1.08. The molecule has 1 aliphatic heterocycles. The number of nitriles is 1. The van der Waals surface area contributed by atoms with E-state index in [0.717, 1.165) is 38.0 Å². The quantitative estimate of drug-likeness (QED) is 0.816. The SMILES string of the molecule is CC(C)Oc1c(Cl)cc(CN2CCC(C#N)CC2)cc1Cl. The van der Waals surface area contributed by atoms with Crippen LogP contribution in [0.25, 0.3) is 0 Å². The molecule has 0 N–H and O–H groups in total. The first-order valence-electron chi connectivity index (χ1n) is 7.26. The van der Waals surface area contributed by atoms with Gasteiger partial charge in [0.05, 0.1) is 22.2 Å². The molecule has 3 nitrogen and oxygen atoms in total. The molecule has 0 bridgehead atoms. The average Bonchev–Trinajstić information content (AvgIpc) is 2.43. The van der Waals surface area contributed by atoms with E-state index in [0.29, 0.717) is 15.8 Å². The first kappa shape index (κ1) is 16.4. The molecular weight excluding hydrogens is 307 g/mol. The van der Waals surface area contributed by atoms with Crippen LogP contribution in [0.3, 0.4) is 0 Å². The molecule has 0 saturated carbocycles. The van der Waals surface area contributed by atoms with Crippen molar-refractivity contribution in [2.24, 2.45) is 5.92 Å². The number of benzene rings is 1. The van der Waals surface area contributed by atoms with Crippen molar-refractivity contribution < 1.29 is 4.74 Å². The summed E-state index contributed by atoms with van der Waals surface area (Å²) in [5.74, 6) is 0.760. The van der Waals surface area contributed by atoms with E-state index >= 15 is 0 Å². The van der Waals surface area contributed by atoms with Gasteiger partial charge in [0.2, 0.25) is 0 Å². The van der Waals surface area contributed by atoms with Gasteiger partial charge in [-0.05, 0) is 57.5 Å². The van der Waals surface area contributed by atoms with Crippen LogP contribution >= 0.6 is 23.2 Å². The van der Waals surface area contributed by atoms with Gasteiger partial charge in [0, 0.05) is 12.5 Å². The first-order chi connectivity index (χ1) is 9.99. The second-order valence-electron chi connectivity index (χ2n) is 5.73. The number of halogens is 2. The largest absolute Gasteiger partial charge is 0.488 e. The van der Waals surface area contributed by atoms with Gasteiger partial charge in [-0.15, -0.1) is 0 Å². The third-order valence-corrected chi connectivity index (χ3v) is 4.15. The van der Waals surface area contributed by atoms with Gasteiger partial charge in [-0.25, -0.2) is 0 Å². The molecule has 1 saturated heterocycles. The van der Waals surface area contributed by atoms with E-state index in [9.17, 15) is 0 Å². The molecule has 0 atom stereocenters. The molecule has 1 fully saturated rings. The van der Waals surface area contributed by atoms with Gasteiger partial charge in [0.1, 0.15) is 0 Å². The molecule has 114 valence electrons. The predicted octanol–water partition coefficient (Wildman–Crippen LogP) is 4.52. The van der Waals surface area contributed by atoms with E-state index in [-0.39, 0.29) is 12.0 Å². The minimum absolute atomic E-state index is 0.0378. The van der Waals surface area contributed by atoms with Crippen LogP contribution in [0.2, 0.25) is 10.0 Å². The maximum absolute atomic E-state index is 8.92. The Bertz CT molecular complexity index is 509. The number of hydrogen-bond donors (Lipinski definition) is 0. The van der Waals surface area contributed by atoms with E-state index in [2.05, 4.69) is 11.0 Å². The van der Waals surface area contributed by atoms with Gasteiger partial charge >= 0.3 is 0 Å². The Hall–Kier alpha value is -0.950. The summed E-state index contributed by atoms with van der Waals surface area (Å²) in [7, 11) is 0. The second kappa shape index (κ2) is 7.35. The van der Waals surface area contributed by atoms with Crippen LogP contribution in [0.5, 0.6) is 5.75 Å². The monoisotopic (exact) mass is 326 g/mol. The zero-order valence-electron chi connectivity index (χ0n) is 12.4. The summed E-state index contributed by atoms with van der Waals surface area (Å²) in [4.78, 5) is 2.33. The molecule has 1 aromatic carbocycles. The number of likely N-dealkylation sites (tertiary alicyclic amines) is 1. The van der Waals surface area contributed by atoms with Crippen LogP contribution in [0.15, 0.2) is 12.1 Å². The van der Waals surface area contributed by atoms with Gasteiger partial charge in [0.15, 0.2) is 5.75 Å². The fourth-order valence-corrected chi connectivity index (χ4v) is 3.15. The van der Waals surface area contributed by atoms with Gasteiger partial charge in [-0.1, -0.05) is 23.2 Å². The van der Waals surface area contributed by atoms with Crippen LogP contribution in [0, 0.1) is 17.2 Å². The number of hydrogen-bond acceptors (Lipinski definition) is 3. The lowest BCUT2D eigenvalue weighted by Gasteiger charge is -2.29. The highest BCUT2D eigenvalue weighted by atomic mass is 35.5. The van der Waals surface area contributed by atoms with Gasteiger partial charge < -0.3 is 4.74 Å². The Labute approximate surface area is 136 Å². The van der Waals surface area contributed by atoms with Crippen molar-refractivity contribution in [3.05, 3.63) is 27.7 Å². The lowest BCUT2D eigenvalue weighted by Crippen LogP contribution is -2.32. The third kappa shape index (κ3) is 4.51. The van der Waals surface area contributed by atoms with E-state index in [1.807, 2.05) is 26.0 Å². The summed E-state index contributed by atoms with van der Waals surface area (Å²) in [5, 5.41) is 10.0. The Morgan fingerprint density at radius 1 is 1.29 bits per heavy atom. The molecule has 1 heterocycles. The van der Waals surface area contributed by atoms with Crippen molar-refractivity contribution in [3.63, 3.8) is 0 Å². The van der Waals surface area contributed by atoms with Crippen molar-refractivity contribution in [1.29, 1.82) is 5.26 Å². The Balaban J connectivity index is 2.03. The number of ether oxygens (including phenoxy) is 1. The van der Waals surface area contributed by atoms with Gasteiger partial charge in [-0.2, -0.15) is 5.26 Å². The molecule has 1 aromatic rings. The van der Waals surface area contributed by atoms with Crippen molar-refractivity contribution in [2.75, 3.05) is 13.1 Å². The second-order valence-corrected chi connectivity index (χ2v) is 6.55. The highest BCUT2D eigenvalue weighted by molar-refractivity contribution is 6.37. The summed E-state index contributed by atoms with van der Waals surface area (Å²) < 4.78 is 5.64. The Morgan fingerprint density at radius 3 is 2.33 bits per heavy atom. The maximum Gasteiger partial charge on any atom is 0.156 e. The van der Waals surface area contributed by atoms with Crippen LogP contribution in [0.1, 0.15) is 32.3 Å². The molecule has 0 unspecified atom stereocenters. The highest BCUT2D eigenvalue weighted by Gasteiger charge is 2.19. The maximum atomic E-state index is 8.92. The van der Waals surface area contributed by atoms with E-state index in [1.165, 1.54) is 0 Å².